The first kappa shape index (κ1) is 12.1. The van der Waals surface area contributed by atoms with E-state index in [1.54, 1.807) is 6.92 Å². The van der Waals surface area contributed by atoms with Gasteiger partial charge in [-0.15, -0.1) is 0 Å². The lowest BCUT2D eigenvalue weighted by atomic mass is 10.3. The minimum atomic E-state index is -0.677. The minimum Gasteiger partial charge on any atom is -0.395 e. The smallest absolute Gasteiger partial charge is 0.319 e. The van der Waals surface area contributed by atoms with Crippen LogP contribution in [-0.2, 0) is 0 Å². The first-order valence-electron chi connectivity index (χ1n) is 4.69. The van der Waals surface area contributed by atoms with E-state index in [1.807, 2.05) is 0 Å². The SMILES string of the molecule is CCN(CCO)C(=O)c1[nH]ncc1[N+](=O)[O-]. The number of carbonyl (C=O) groups excluding carboxylic acids is 1. The monoisotopic (exact) mass is 228 g/mol. The molecule has 0 aromatic carbocycles. The summed E-state index contributed by atoms with van der Waals surface area (Å²) >= 11 is 0. The number of nitro groups is 1. The molecule has 0 aliphatic heterocycles. The van der Waals surface area contributed by atoms with Crippen LogP contribution >= 0.6 is 0 Å². The number of H-pyrrole nitrogens is 1. The molecule has 0 saturated heterocycles. The third-order valence-corrected chi connectivity index (χ3v) is 2.07. The van der Waals surface area contributed by atoms with Crippen molar-refractivity contribution < 1.29 is 14.8 Å². The first-order chi connectivity index (χ1) is 7.61. The normalized spacial score (nSPS) is 10.1. The molecule has 16 heavy (non-hydrogen) atoms. The molecule has 0 atom stereocenters. The highest BCUT2D eigenvalue weighted by Gasteiger charge is 2.25. The number of aromatic amines is 1. The van der Waals surface area contributed by atoms with E-state index in [1.165, 1.54) is 4.90 Å². The second kappa shape index (κ2) is 5.21. The van der Waals surface area contributed by atoms with E-state index in [-0.39, 0.29) is 24.5 Å². The van der Waals surface area contributed by atoms with Crippen LogP contribution in [0.15, 0.2) is 6.20 Å². The average Bonchev–Trinajstić information content (AvgIpc) is 2.73. The molecule has 0 fully saturated rings. The molecule has 1 aromatic heterocycles. The van der Waals surface area contributed by atoms with Crippen molar-refractivity contribution in [2.75, 3.05) is 19.7 Å². The zero-order chi connectivity index (χ0) is 12.1. The van der Waals surface area contributed by atoms with Crippen LogP contribution in [0.3, 0.4) is 0 Å². The fourth-order valence-electron chi connectivity index (χ4n) is 1.26. The van der Waals surface area contributed by atoms with Crippen molar-refractivity contribution in [2.24, 2.45) is 0 Å². The van der Waals surface area contributed by atoms with Crippen molar-refractivity contribution >= 4 is 11.6 Å². The maximum Gasteiger partial charge on any atom is 0.319 e. The van der Waals surface area contributed by atoms with E-state index < -0.39 is 10.8 Å². The summed E-state index contributed by atoms with van der Waals surface area (Å²) in [6.07, 6.45) is 0.986. The summed E-state index contributed by atoms with van der Waals surface area (Å²) in [5, 5.41) is 25.1. The van der Waals surface area contributed by atoms with E-state index in [2.05, 4.69) is 10.2 Å². The molecular formula is C8H12N4O4. The molecule has 0 radical (unpaired) electrons. The number of carbonyl (C=O) groups is 1. The number of hydrogen-bond donors (Lipinski definition) is 2. The number of aliphatic hydroxyl groups is 1. The number of hydrogen-bond acceptors (Lipinski definition) is 5. The fraction of sp³-hybridized carbons (Fsp3) is 0.500. The van der Waals surface area contributed by atoms with Crippen molar-refractivity contribution in [1.82, 2.24) is 15.1 Å². The highest BCUT2D eigenvalue weighted by atomic mass is 16.6. The predicted octanol–water partition coefficient (Wildman–Crippen LogP) is -0.228. The van der Waals surface area contributed by atoms with E-state index in [0.717, 1.165) is 6.20 Å². The van der Waals surface area contributed by atoms with Crippen LogP contribution in [-0.4, -0.2) is 50.7 Å². The Bertz CT molecular complexity index is 389. The van der Waals surface area contributed by atoms with Crippen molar-refractivity contribution in [2.45, 2.75) is 6.92 Å². The summed E-state index contributed by atoms with van der Waals surface area (Å²) in [5.41, 5.74) is -0.526. The van der Waals surface area contributed by atoms with E-state index >= 15 is 0 Å². The van der Waals surface area contributed by atoms with E-state index in [0.29, 0.717) is 6.54 Å². The second-order valence-electron chi connectivity index (χ2n) is 3.00. The Morgan fingerprint density at radius 1 is 1.75 bits per heavy atom. The second-order valence-corrected chi connectivity index (χ2v) is 3.00. The molecule has 8 nitrogen and oxygen atoms in total. The number of rotatable bonds is 5. The molecule has 0 aliphatic carbocycles. The van der Waals surface area contributed by atoms with Gasteiger partial charge in [0.25, 0.3) is 5.91 Å². The maximum absolute atomic E-state index is 11.8. The number of aliphatic hydroxyl groups excluding tert-OH is 1. The highest BCUT2D eigenvalue weighted by molar-refractivity contribution is 5.96. The van der Waals surface area contributed by atoms with Gasteiger partial charge in [-0.25, -0.2) is 0 Å². The molecule has 0 aliphatic rings. The summed E-state index contributed by atoms with van der Waals surface area (Å²) in [4.78, 5) is 23.0. The molecule has 0 spiro atoms. The minimum absolute atomic E-state index is 0.130. The third kappa shape index (κ3) is 2.34. The quantitative estimate of drug-likeness (QED) is 0.534. The Balaban J connectivity index is 2.94. The van der Waals surface area contributed by atoms with Gasteiger partial charge in [-0.1, -0.05) is 0 Å². The van der Waals surface area contributed by atoms with Crippen molar-refractivity contribution in [3.63, 3.8) is 0 Å². The zero-order valence-electron chi connectivity index (χ0n) is 8.71. The van der Waals surface area contributed by atoms with Crippen LogP contribution in [0, 0.1) is 10.1 Å². The van der Waals surface area contributed by atoms with Crippen LogP contribution in [0.1, 0.15) is 17.4 Å². The van der Waals surface area contributed by atoms with Gasteiger partial charge < -0.3 is 10.0 Å². The molecule has 0 bridgehead atoms. The molecule has 8 heteroatoms. The number of nitrogens with zero attached hydrogens (tertiary/aromatic N) is 3. The third-order valence-electron chi connectivity index (χ3n) is 2.07. The van der Waals surface area contributed by atoms with Crippen molar-refractivity contribution in [1.29, 1.82) is 0 Å². The molecule has 1 aromatic rings. The average molecular weight is 228 g/mol. The number of nitrogens with one attached hydrogen (secondary N) is 1. The first-order valence-corrected chi connectivity index (χ1v) is 4.69. The van der Waals surface area contributed by atoms with Crippen LogP contribution < -0.4 is 0 Å². The van der Waals surface area contributed by atoms with E-state index in [4.69, 9.17) is 5.11 Å². The number of amides is 1. The molecular weight excluding hydrogens is 216 g/mol. The Morgan fingerprint density at radius 2 is 2.44 bits per heavy atom. The number of aromatic nitrogens is 2. The van der Waals surface area contributed by atoms with Crippen molar-refractivity contribution in [3.8, 4) is 0 Å². The van der Waals surface area contributed by atoms with Gasteiger partial charge in [0.05, 0.1) is 11.5 Å². The van der Waals surface area contributed by atoms with Crippen molar-refractivity contribution in [3.05, 3.63) is 22.0 Å². The topological polar surface area (TPSA) is 112 Å². The summed E-state index contributed by atoms with van der Waals surface area (Å²) < 4.78 is 0. The summed E-state index contributed by atoms with van der Waals surface area (Å²) in [5.74, 6) is -0.541. The zero-order valence-corrected chi connectivity index (χ0v) is 8.71. The summed E-state index contributed by atoms with van der Waals surface area (Å²) in [6.45, 7) is 2.01. The van der Waals surface area contributed by atoms with E-state index in [9.17, 15) is 14.9 Å². The van der Waals surface area contributed by atoms with Gasteiger partial charge in [0.15, 0.2) is 0 Å². The molecule has 88 valence electrons. The lowest BCUT2D eigenvalue weighted by molar-refractivity contribution is -0.385. The van der Waals surface area contributed by atoms with Gasteiger partial charge in [0.2, 0.25) is 5.69 Å². The fourth-order valence-corrected chi connectivity index (χ4v) is 1.26. The lowest BCUT2D eigenvalue weighted by Crippen LogP contribution is -2.33. The van der Waals surface area contributed by atoms with Gasteiger partial charge >= 0.3 is 5.69 Å². The summed E-state index contributed by atoms with van der Waals surface area (Å²) in [7, 11) is 0. The predicted molar refractivity (Wildman–Crippen MR) is 53.9 cm³/mol. The van der Waals surface area contributed by atoms with Gasteiger partial charge in [-0.05, 0) is 6.92 Å². The Labute approximate surface area is 91.0 Å². The van der Waals surface area contributed by atoms with Crippen LogP contribution in [0.2, 0.25) is 0 Å². The van der Waals surface area contributed by atoms with Crippen LogP contribution in [0.4, 0.5) is 5.69 Å². The highest BCUT2D eigenvalue weighted by Crippen LogP contribution is 2.16. The standard InChI is InChI=1S/C8H12N4O4/c1-2-11(3-4-13)8(14)7-6(12(15)16)5-9-10-7/h5,13H,2-4H2,1H3,(H,9,10). The molecule has 1 rings (SSSR count). The van der Waals surface area contributed by atoms with Gasteiger partial charge in [-0.3, -0.25) is 20.0 Å². The lowest BCUT2D eigenvalue weighted by Gasteiger charge is -2.17. The van der Waals surface area contributed by atoms with Crippen LogP contribution in [0.25, 0.3) is 0 Å². The molecule has 1 heterocycles. The van der Waals surface area contributed by atoms with Gasteiger partial charge in [0, 0.05) is 13.1 Å². The summed E-state index contributed by atoms with van der Waals surface area (Å²) in [6, 6.07) is 0. The van der Waals surface area contributed by atoms with Gasteiger partial charge in [0.1, 0.15) is 6.20 Å². The Kier molecular flexibility index (Phi) is 3.95. The number of likely N-dealkylation sites (N-methyl/N-ethyl adjacent to an activating group) is 1. The largest absolute Gasteiger partial charge is 0.395 e. The molecule has 2 N–H and O–H groups in total. The molecule has 0 unspecified atom stereocenters. The molecule has 0 saturated carbocycles. The molecule has 1 amide bonds. The van der Waals surface area contributed by atoms with Gasteiger partial charge in [-0.2, -0.15) is 5.10 Å². The Hall–Kier alpha value is -1.96. The maximum atomic E-state index is 11.8. The Morgan fingerprint density at radius 3 is 2.94 bits per heavy atom. The van der Waals surface area contributed by atoms with Crippen LogP contribution in [0.5, 0.6) is 0 Å².